The van der Waals surface area contributed by atoms with E-state index in [-0.39, 0.29) is 0 Å². The van der Waals surface area contributed by atoms with Crippen molar-refractivity contribution in [1.29, 1.82) is 0 Å². The van der Waals surface area contributed by atoms with E-state index in [1.54, 1.807) is 6.92 Å². The number of hydrogen-bond donors (Lipinski definition) is 1. The highest BCUT2D eigenvalue weighted by Gasteiger charge is 2.04. The van der Waals surface area contributed by atoms with E-state index in [1.165, 1.54) is 13.3 Å². The Balaban J connectivity index is 3.96. The third-order valence-electron chi connectivity index (χ3n) is 0.965. The molecule has 0 radical (unpaired) electrons. The van der Waals surface area contributed by atoms with Crippen LogP contribution in [0.1, 0.15) is 6.92 Å². The molecule has 13 heavy (non-hydrogen) atoms. The second-order valence-corrected chi connectivity index (χ2v) is 1.83. The van der Waals surface area contributed by atoms with Crippen LogP contribution < -0.4 is 0 Å². The van der Waals surface area contributed by atoms with Gasteiger partial charge in [0.1, 0.15) is 0 Å². The highest BCUT2D eigenvalue weighted by Crippen LogP contribution is 1.95. The standard InChI is InChI=1S/C7H11NO5/c1-3-8-12-7(13-10)5-4-6(9)11-2/h3-5,7,10H,1-2H3/b5-4-,8-3+. The average Bonchev–Trinajstić information content (AvgIpc) is 2.17. The Morgan fingerprint density at radius 2 is 2.31 bits per heavy atom. The van der Waals surface area contributed by atoms with Crippen molar-refractivity contribution in [1.82, 2.24) is 0 Å². The molecular formula is C7H11NO5. The fourth-order valence-electron chi connectivity index (χ4n) is 0.436. The smallest absolute Gasteiger partial charge is 0.330 e. The van der Waals surface area contributed by atoms with Gasteiger partial charge in [-0.2, -0.15) is 4.89 Å². The van der Waals surface area contributed by atoms with Crippen molar-refractivity contribution < 1.29 is 24.5 Å². The molecule has 1 unspecified atom stereocenters. The van der Waals surface area contributed by atoms with E-state index in [0.29, 0.717) is 0 Å². The summed E-state index contributed by atoms with van der Waals surface area (Å²) in [4.78, 5) is 18.9. The van der Waals surface area contributed by atoms with Gasteiger partial charge < -0.3 is 9.57 Å². The molecule has 0 heterocycles. The van der Waals surface area contributed by atoms with Gasteiger partial charge in [-0.1, -0.05) is 5.16 Å². The fourth-order valence-corrected chi connectivity index (χ4v) is 0.436. The van der Waals surface area contributed by atoms with Crippen molar-refractivity contribution in [3.63, 3.8) is 0 Å². The molecular weight excluding hydrogens is 178 g/mol. The largest absolute Gasteiger partial charge is 0.466 e. The summed E-state index contributed by atoms with van der Waals surface area (Å²) in [6, 6.07) is 0. The number of carbonyl (C=O) groups excluding carboxylic acids is 1. The molecule has 0 aromatic rings. The van der Waals surface area contributed by atoms with E-state index in [1.807, 2.05) is 0 Å². The molecule has 0 spiro atoms. The van der Waals surface area contributed by atoms with Crippen LogP contribution in [-0.2, 0) is 19.3 Å². The predicted octanol–water partition coefficient (Wildman–Crippen LogP) is 0.554. The summed E-state index contributed by atoms with van der Waals surface area (Å²) in [6.07, 6.45) is 2.44. The Bertz CT molecular complexity index is 201. The summed E-state index contributed by atoms with van der Waals surface area (Å²) in [7, 11) is 1.23. The zero-order valence-electron chi connectivity index (χ0n) is 7.34. The van der Waals surface area contributed by atoms with Gasteiger partial charge in [0.05, 0.1) is 7.11 Å². The van der Waals surface area contributed by atoms with Crippen LogP contribution in [-0.4, -0.2) is 30.8 Å². The molecule has 0 fully saturated rings. The lowest BCUT2D eigenvalue weighted by molar-refractivity contribution is -0.329. The molecule has 0 aromatic heterocycles. The minimum atomic E-state index is -1.12. The number of esters is 1. The third-order valence-corrected chi connectivity index (χ3v) is 0.965. The number of rotatable bonds is 5. The van der Waals surface area contributed by atoms with E-state index in [4.69, 9.17) is 5.26 Å². The highest BCUT2D eigenvalue weighted by atomic mass is 17.1. The first kappa shape index (κ1) is 11.6. The Labute approximate surface area is 75.3 Å². The Morgan fingerprint density at radius 1 is 1.62 bits per heavy atom. The number of carbonyl (C=O) groups is 1. The van der Waals surface area contributed by atoms with Crippen molar-refractivity contribution in [2.45, 2.75) is 13.2 Å². The zero-order chi connectivity index (χ0) is 10.1. The lowest BCUT2D eigenvalue weighted by atomic mass is 10.5. The molecule has 1 atom stereocenters. The first-order valence-corrected chi connectivity index (χ1v) is 3.44. The first-order valence-electron chi connectivity index (χ1n) is 3.44. The van der Waals surface area contributed by atoms with E-state index in [2.05, 4.69) is 19.6 Å². The van der Waals surface area contributed by atoms with Gasteiger partial charge in [0, 0.05) is 12.3 Å². The SMILES string of the molecule is C/C=N/OC(/C=C\C(=O)OC)OO. The molecule has 0 saturated heterocycles. The van der Waals surface area contributed by atoms with Crippen molar-refractivity contribution in [2.24, 2.45) is 5.16 Å². The van der Waals surface area contributed by atoms with Gasteiger partial charge in [-0.25, -0.2) is 10.1 Å². The van der Waals surface area contributed by atoms with Crippen LogP contribution in [0.3, 0.4) is 0 Å². The molecule has 0 aliphatic heterocycles. The van der Waals surface area contributed by atoms with Crippen LogP contribution in [0.25, 0.3) is 0 Å². The van der Waals surface area contributed by atoms with Crippen LogP contribution in [0.5, 0.6) is 0 Å². The number of ether oxygens (including phenoxy) is 1. The minimum Gasteiger partial charge on any atom is -0.466 e. The molecule has 0 saturated carbocycles. The predicted molar refractivity (Wildman–Crippen MR) is 43.9 cm³/mol. The lowest BCUT2D eigenvalue weighted by Gasteiger charge is -2.04. The van der Waals surface area contributed by atoms with Crippen molar-refractivity contribution in [2.75, 3.05) is 7.11 Å². The van der Waals surface area contributed by atoms with Crippen LogP contribution in [0.2, 0.25) is 0 Å². The molecule has 6 heteroatoms. The molecule has 1 N–H and O–H groups in total. The molecule has 0 rings (SSSR count). The molecule has 0 aliphatic carbocycles. The van der Waals surface area contributed by atoms with Gasteiger partial charge in [-0.3, -0.25) is 0 Å². The van der Waals surface area contributed by atoms with Crippen molar-refractivity contribution >= 4 is 12.2 Å². The van der Waals surface area contributed by atoms with E-state index in [0.717, 1.165) is 12.2 Å². The van der Waals surface area contributed by atoms with E-state index >= 15 is 0 Å². The van der Waals surface area contributed by atoms with E-state index < -0.39 is 12.3 Å². The maximum Gasteiger partial charge on any atom is 0.330 e. The summed E-state index contributed by atoms with van der Waals surface area (Å²) in [6.45, 7) is 1.62. The second kappa shape index (κ2) is 7.26. The number of oxime groups is 1. The summed E-state index contributed by atoms with van der Waals surface area (Å²) >= 11 is 0. The molecule has 0 aliphatic rings. The summed E-state index contributed by atoms with van der Waals surface area (Å²) in [5.74, 6) is -0.578. The van der Waals surface area contributed by atoms with Crippen LogP contribution in [0.4, 0.5) is 0 Å². The Morgan fingerprint density at radius 3 is 2.77 bits per heavy atom. The van der Waals surface area contributed by atoms with Crippen LogP contribution >= 0.6 is 0 Å². The summed E-state index contributed by atoms with van der Waals surface area (Å²) < 4.78 is 4.29. The monoisotopic (exact) mass is 189 g/mol. The summed E-state index contributed by atoms with van der Waals surface area (Å²) in [5, 5.41) is 11.6. The van der Waals surface area contributed by atoms with Gasteiger partial charge in [-0.15, -0.1) is 0 Å². The van der Waals surface area contributed by atoms with Crippen molar-refractivity contribution in [3.8, 4) is 0 Å². The van der Waals surface area contributed by atoms with Crippen LogP contribution in [0, 0.1) is 0 Å². The maximum absolute atomic E-state index is 10.6. The molecule has 0 bridgehead atoms. The van der Waals surface area contributed by atoms with Gasteiger partial charge in [0.25, 0.3) is 6.29 Å². The topological polar surface area (TPSA) is 77.4 Å². The quantitative estimate of drug-likeness (QED) is 0.171. The minimum absolute atomic E-state index is 0.578. The fraction of sp³-hybridized carbons (Fsp3) is 0.429. The first-order chi connectivity index (χ1) is 6.24. The van der Waals surface area contributed by atoms with E-state index in [9.17, 15) is 4.79 Å². The third kappa shape index (κ3) is 5.83. The summed E-state index contributed by atoms with van der Waals surface area (Å²) in [5.41, 5.74) is 0. The molecule has 0 amide bonds. The zero-order valence-corrected chi connectivity index (χ0v) is 7.34. The molecule has 74 valence electrons. The average molecular weight is 189 g/mol. The number of methoxy groups -OCH3 is 1. The second-order valence-electron chi connectivity index (χ2n) is 1.83. The number of nitrogens with zero attached hydrogens (tertiary/aromatic N) is 1. The van der Waals surface area contributed by atoms with Gasteiger partial charge >= 0.3 is 5.97 Å². The van der Waals surface area contributed by atoms with Crippen molar-refractivity contribution in [3.05, 3.63) is 12.2 Å². The van der Waals surface area contributed by atoms with Gasteiger partial charge in [0.15, 0.2) is 0 Å². The normalized spacial score (nSPS) is 13.5. The lowest BCUT2D eigenvalue weighted by Crippen LogP contribution is -2.10. The Kier molecular flexibility index (Phi) is 6.48. The highest BCUT2D eigenvalue weighted by molar-refractivity contribution is 5.81. The maximum atomic E-state index is 10.6. The van der Waals surface area contributed by atoms with Gasteiger partial charge in [-0.05, 0) is 13.0 Å². The molecule has 0 aromatic carbocycles. The molecule has 6 nitrogen and oxygen atoms in total. The Hall–Kier alpha value is -1.40. The van der Waals surface area contributed by atoms with Gasteiger partial charge in [0.2, 0.25) is 0 Å². The number of hydrogen-bond acceptors (Lipinski definition) is 6. The van der Waals surface area contributed by atoms with Crippen LogP contribution in [0.15, 0.2) is 17.3 Å².